The van der Waals surface area contributed by atoms with Crippen molar-refractivity contribution in [2.24, 2.45) is 0 Å². The summed E-state index contributed by atoms with van der Waals surface area (Å²) in [4.78, 5) is 17.8. The monoisotopic (exact) mass is 375 g/mol. The molecule has 0 saturated carbocycles. The van der Waals surface area contributed by atoms with E-state index in [1.807, 2.05) is 45.0 Å². The first-order valence-corrected chi connectivity index (χ1v) is 9.07. The van der Waals surface area contributed by atoms with Gasteiger partial charge in [0.05, 0.1) is 11.6 Å². The molecule has 0 fully saturated rings. The van der Waals surface area contributed by atoms with E-state index in [2.05, 4.69) is 15.5 Å². The molecule has 3 aromatic rings. The van der Waals surface area contributed by atoms with Gasteiger partial charge in [0.15, 0.2) is 5.13 Å². The third kappa shape index (κ3) is 3.91. The molecule has 0 bridgehead atoms. The summed E-state index contributed by atoms with van der Waals surface area (Å²) in [5.74, 6) is 0.175. The lowest BCUT2D eigenvalue weighted by Crippen LogP contribution is -2.19. The summed E-state index contributed by atoms with van der Waals surface area (Å²) in [6, 6.07) is 7.71. The number of aromatic nitrogens is 2. The van der Waals surface area contributed by atoms with E-state index in [1.165, 1.54) is 11.3 Å². The Morgan fingerprint density at radius 1 is 1.36 bits per heavy atom. The first-order chi connectivity index (χ1) is 12.0. The van der Waals surface area contributed by atoms with E-state index in [1.54, 1.807) is 6.20 Å². The molecule has 7 heteroatoms. The maximum absolute atomic E-state index is 12.5. The first-order valence-electron chi connectivity index (χ1n) is 7.87. The number of aryl methyl sites for hydroxylation is 2. The molecule has 2 heterocycles. The van der Waals surface area contributed by atoms with Crippen LogP contribution in [0.25, 0.3) is 0 Å². The van der Waals surface area contributed by atoms with Crippen molar-refractivity contribution in [2.75, 3.05) is 5.32 Å². The van der Waals surface area contributed by atoms with E-state index < -0.39 is 0 Å². The van der Waals surface area contributed by atoms with Gasteiger partial charge in [-0.15, -0.1) is 11.3 Å². The molecule has 0 spiro atoms. The minimum atomic E-state index is -0.359. The number of carbonyl (C=O) groups excluding carboxylic acids is 1. The second-order valence-corrected chi connectivity index (χ2v) is 7.37. The Morgan fingerprint density at radius 3 is 2.80 bits per heavy atom. The predicted molar refractivity (Wildman–Crippen MR) is 99.4 cm³/mol. The first kappa shape index (κ1) is 17.6. The van der Waals surface area contributed by atoms with E-state index in [-0.39, 0.29) is 11.8 Å². The maximum atomic E-state index is 12.5. The minimum Gasteiger partial charge on any atom is -0.361 e. The highest BCUT2D eigenvalue weighted by molar-refractivity contribution is 7.15. The van der Waals surface area contributed by atoms with E-state index in [0.29, 0.717) is 17.3 Å². The number of nitrogens with one attached hydrogen (secondary N) is 1. The van der Waals surface area contributed by atoms with Crippen molar-refractivity contribution in [1.82, 2.24) is 10.1 Å². The third-order valence-electron chi connectivity index (χ3n) is 4.02. The molecule has 1 N–H and O–H groups in total. The summed E-state index contributed by atoms with van der Waals surface area (Å²) >= 11 is 7.64. The van der Waals surface area contributed by atoms with Gasteiger partial charge in [-0.05, 0) is 32.4 Å². The number of amides is 1. The van der Waals surface area contributed by atoms with Crippen LogP contribution in [0.5, 0.6) is 0 Å². The molecule has 0 aliphatic rings. The lowest BCUT2D eigenvalue weighted by atomic mass is 9.99. The summed E-state index contributed by atoms with van der Waals surface area (Å²) in [7, 11) is 0. The molecule has 0 aliphatic heterocycles. The van der Waals surface area contributed by atoms with Crippen LogP contribution in [-0.2, 0) is 11.2 Å². The van der Waals surface area contributed by atoms with Crippen LogP contribution in [0.2, 0.25) is 5.02 Å². The van der Waals surface area contributed by atoms with Gasteiger partial charge in [-0.3, -0.25) is 4.79 Å². The lowest BCUT2D eigenvalue weighted by Gasteiger charge is -2.10. The topological polar surface area (TPSA) is 68.0 Å². The van der Waals surface area contributed by atoms with Gasteiger partial charge in [0, 0.05) is 28.1 Å². The zero-order valence-electron chi connectivity index (χ0n) is 14.2. The number of hydrogen-bond acceptors (Lipinski definition) is 5. The number of hydrogen-bond donors (Lipinski definition) is 1. The highest BCUT2D eigenvalue weighted by atomic mass is 35.5. The molecular formula is C18H18ClN3O2S. The quantitative estimate of drug-likeness (QED) is 0.699. The normalized spacial score (nSPS) is 12.2. The van der Waals surface area contributed by atoms with Gasteiger partial charge in [-0.2, -0.15) is 0 Å². The fraction of sp³-hybridized carbons (Fsp3) is 0.278. The molecule has 1 unspecified atom stereocenters. The Bertz CT molecular complexity index is 884. The van der Waals surface area contributed by atoms with Crippen LogP contribution < -0.4 is 5.32 Å². The van der Waals surface area contributed by atoms with Gasteiger partial charge in [-0.1, -0.05) is 35.0 Å². The number of nitrogens with zero attached hydrogens (tertiary/aromatic N) is 2. The Balaban J connectivity index is 1.69. The van der Waals surface area contributed by atoms with Gasteiger partial charge in [0.25, 0.3) is 0 Å². The molecular weight excluding hydrogens is 358 g/mol. The van der Waals surface area contributed by atoms with E-state index >= 15 is 0 Å². The molecule has 25 heavy (non-hydrogen) atoms. The summed E-state index contributed by atoms with van der Waals surface area (Å²) < 4.78 is 5.14. The molecule has 130 valence electrons. The van der Waals surface area contributed by atoms with Crippen molar-refractivity contribution in [3.63, 3.8) is 0 Å². The van der Waals surface area contributed by atoms with Crippen molar-refractivity contribution in [3.8, 4) is 0 Å². The number of thiazole rings is 1. The van der Waals surface area contributed by atoms with Crippen LogP contribution in [-0.4, -0.2) is 16.0 Å². The highest BCUT2D eigenvalue weighted by Gasteiger charge is 2.23. The predicted octanol–water partition coefficient (Wildman–Crippen LogP) is 4.73. The Labute approximate surface area is 155 Å². The standard InChI is InChI=1S/C18H18ClN3O2S/c1-10(16-11(2)22-24-12(16)3)17(23)21-18-20-9-14(25-18)8-13-6-4-5-7-15(13)19/h4-7,9-10H,8H2,1-3H3,(H,20,21,23). The Kier molecular flexibility index (Phi) is 5.20. The number of halogens is 1. The second kappa shape index (κ2) is 7.37. The molecule has 5 nitrogen and oxygen atoms in total. The summed E-state index contributed by atoms with van der Waals surface area (Å²) in [5, 5.41) is 8.08. The third-order valence-corrected chi connectivity index (χ3v) is 5.30. The number of carbonyl (C=O) groups is 1. The zero-order valence-corrected chi connectivity index (χ0v) is 15.7. The van der Waals surface area contributed by atoms with Crippen LogP contribution in [0.1, 0.15) is 40.3 Å². The number of benzene rings is 1. The largest absolute Gasteiger partial charge is 0.361 e. The summed E-state index contributed by atoms with van der Waals surface area (Å²) in [6.07, 6.45) is 2.46. The van der Waals surface area contributed by atoms with Gasteiger partial charge in [0.1, 0.15) is 5.76 Å². The van der Waals surface area contributed by atoms with Crippen LogP contribution in [0.3, 0.4) is 0 Å². The van der Waals surface area contributed by atoms with Crippen LogP contribution in [0.15, 0.2) is 35.0 Å². The van der Waals surface area contributed by atoms with Crippen LogP contribution in [0.4, 0.5) is 5.13 Å². The average molecular weight is 376 g/mol. The summed E-state index contributed by atoms with van der Waals surface area (Å²) in [6.45, 7) is 5.48. The van der Waals surface area contributed by atoms with Crippen LogP contribution >= 0.6 is 22.9 Å². The summed E-state index contributed by atoms with van der Waals surface area (Å²) in [5.41, 5.74) is 2.60. The number of rotatable bonds is 5. The van der Waals surface area contributed by atoms with Crippen molar-refractivity contribution in [1.29, 1.82) is 0 Å². The molecule has 0 aliphatic carbocycles. The lowest BCUT2D eigenvalue weighted by molar-refractivity contribution is -0.117. The van der Waals surface area contributed by atoms with Gasteiger partial charge in [0.2, 0.25) is 5.91 Å². The molecule has 3 rings (SSSR count). The van der Waals surface area contributed by atoms with E-state index in [4.69, 9.17) is 16.1 Å². The van der Waals surface area contributed by atoms with Gasteiger partial charge >= 0.3 is 0 Å². The molecule has 1 atom stereocenters. The molecule has 0 saturated heterocycles. The van der Waals surface area contributed by atoms with Crippen LogP contribution in [0, 0.1) is 13.8 Å². The molecule has 1 amide bonds. The van der Waals surface area contributed by atoms with E-state index in [0.717, 1.165) is 26.7 Å². The fourth-order valence-electron chi connectivity index (χ4n) is 2.73. The maximum Gasteiger partial charge on any atom is 0.233 e. The Morgan fingerprint density at radius 2 is 2.12 bits per heavy atom. The molecule has 2 aromatic heterocycles. The minimum absolute atomic E-state index is 0.131. The fourth-order valence-corrected chi connectivity index (χ4v) is 3.77. The van der Waals surface area contributed by atoms with Crippen molar-refractivity contribution >= 4 is 34.0 Å². The SMILES string of the molecule is Cc1noc(C)c1C(C)C(=O)Nc1ncc(Cc2ccccc2Cl)s1. The zero-order chi connectivity index (χ0) is 18.0. The Hall–Kier alpha value is -2.18. The van der Waals surface area contributed by atoms with Gasteiger partial charge < -0.3 is 9.84 Å². The van der Waals surface area contributed by atoms with E-state index in [9.17, 15) is 4.79 Å². The average Bonchev–Trinajstić information content (AvgIpc) is 3.15. The molecule has 0 radical (unpaired) electrons. The molecule has 1 aromatic carbocycles. The smallest absolute Gasteiger partial charge is 0.233 e. The van der Waals surface area contributed by atoms with Crippen molar-refractivity contribution in [2.45, 2.75) is 33.1 Å². The highest BCUT2D eigenvalue weighted by Crippen LogP contribution is 2.27. The number of anilines is 1. The van der Waals surface area contributed by atoms with Gasteiger partial charge in [-0.25, -0.2) is 4.98 Å². The van der Waals surface area contributed by atoms with Crippen molar-refractivity contribution in [3.05, 3.63) is 62.9 Å². The van der Waals surface area contributed by atoms with Crippen molar-refractivity contribution < 1.29 is 9.32 Å². The second-order valence-electron chi connectivity index (χ2n) is 5.85.